The summed E-state index contributed by atoms with van der Waals surface area (Å²) in [5.41, 5.74) is 1.93. The molecule has 1 aromatic heterocycles. The Morgan fingerprint density at radius 2 is 1.72 bits per heavy atom. The molecule has 3 rings (SSSR count). The van der Waals surface area contributed by atoms with Crippen LogP contribution in [0.15, 0.2) is 54.6 Å². The SMILES string of the molecule is Cc1c(C(=O)OCC(=O)N(C)Cc2ccccc2)sc2ccccc12. The van der Waals surface area contributed by atoms with E-state index < -0.39 is 5.97 Å². The summed E-state index contributed by atoms with van der Waals surface area (Å²) in [4.78, 5) is 26.6. The van der Waals surface area contributed by atoms with E-state index in [1.165, 1.54) is 11.3 Å². The van der Waals surface area contributed by atoms with Gasteiger partial charge in [-0.05, 0) is 29.5 Å². The number of benzene rings is 2. The van der Waals surface area contributed by atoms with E-state index >= 15 is 0 Å². The Morgan fingerprint density at radius 3 is 2.44 bits per heavy atom. The monoisotopic (exact) mass is 353 g/mol. The number of hydrogen-bond donors (Lipinski definition) is 0. The van der Waals surface area contributed by atoms with Crippen LogP contribution in [0.5, 0.6) is 0 Å². The van der Waals surface area contributed by atoms with Gasteiger partial charge in [-0.2, -0.15) is 0 Å². The van der Waals surface area contributed by atoms with Gasteiger partial charge in [-0.25, -0.2) is 4.79 Å². The molecule has 0 radical (unpaired) electrons. The van der Waals surface area contributed by atoms with E-state index in [0.29, 0.717) is 11.4 Å². The third-order valence-corrected chi connectivity index (χ3v) is 5.30. The molecule has 0 bridgehead atoms. The number of hydrogen-bond acceptors (Lipinski definition) is 4. The Morgan fingerprint density at radius 1 is 1.04 bits per heavy atom. The number of likely N-dealkylation sites (N-methyl/N-ethyl adjacent to an activating group) is 1. The van der Waals surface area contributed by atoms with Crippen molar-refractivity contribution in [1.29, 1.82) is 0 Å². The zero-order chi connectivity index (χ0) is 17.8. The summed E-state index contributed by atoms with van der Waals surface area (Å²) in [5, 5.41) is 1.05. The second-order valence-corrected chi connectivity index (χ2v) is 6.92. The number of ether oxygens (including phenoxy) is 1. The van der Waals surface area contributed by atoms with Gasteiger partial charge < -0.3 is 9.64 Å². The number of aryl methyl sites for hydroxylation is 1. The van der Waals surface area contributed by atoms with Crippen molar-refractivity contribution in [1.82, 2.24) is 4.90 Å². The van der Waals surface area contributed by atoms with E-state index in [0.717, 1.165) is 21.2 Å². The molecule has 5 heteroatoms. The van der Waals surface area contributed by atoms with Crippen molar-refractivity contribution in [2.24, 2.45) is 0 Å². The van der Waals surface area contributed by atoms with Crippen molar-refractivity contribution in [2.75, 3.05) is 13.7 Å². The summed E-state index contributed by atoms with van der Waals surface area (Å²) in [6, 6.07) is 17.5. The first-order valence-electron chi connectivity index (χ1n) is 7.99. The normalized spacial score (nSPS) is 10.6. The third kappa shape index (κ3) is 3.88. The fourth-order valence-electron chi connectivity index (χ4n) is 2.62. The van der Waals surface area contributed by atoms with Gasteiger partial charge in [0.25, 0.3) is 5.91 Å². The Bertz CT molecular complexity index is 902. The fraction of sp³-hybridized carbons (Fsp3) is 0.200. The predicted octanol–water partition coefficient (Wildman–Crippen LogP) is 4.03. The highest BCUT2D eigenvalue weighted by Crippen LogP contribution is 2.30. The molecule has 0 N–H and O–H groups in total. The molecule has 0 saturated carbocycles. The number of fused-ring (bicyclic) bond motifs is 1. The maximum Gasteiger partial charge on any atom is 0.349 e. The first-order valence-corrected chi connectivity index (χ1v) is 8.81. The predicted molar refractivity (Wildman–Crippen MR) is 99.8 cm³/mol. The van der Waals surface area contributed by atoms with E-state index in [1.54, 1.807) is 11.9 Å². The zero-order valence-corrected chi connectivity index (χ0v) is 15.0. The van der Waals surface area contributed by atoms with Crippen LogP contribution in [-0.2, 0) is 16.1 Å². The number of nitrogens with zero attached hydrogens (tertiary/aromatic N) is 1. The Hall–Kier alpha value is -2.66. The lowest BCUT2D eigenvalue weighted by Crippen LogP contribution is -2.30. The Kier molecular flexibility index (Phi) is 5.14. The smallest absolute Gasteiger partial charge is 0.349 e. The molecule has 128 valence electrons. The molecule has 0 aliphatic heterocycles. The number of rotatable bonds is 5. The van der Waals surface area contributed by atoms with Crippen molar-refractivity contribution in [3.05, 3.63) is 70.6 Å². The van der Waals surface area contributed by atoms with Gasteiger partial charge in [-0.15, -0.1) is 11.3 Å². The molecule has 2 aromatic carbocycles. The van der Waals surface area contributed by atoms with Crippen LogP contribution in [0, 0.1) is 6.92 Å². The van der Waals surface area contributed by atoms with Gasteiger partial charge in [0.05, 0.1) is 0 Å². The molecule has 0 saturated heterocycles. The van der Waals surface area contributed by atoms with E-state index in [9.17, 15) is 9.59 Å². The molecular weight excluding hydrogens is 334 g/mol. The fourth-order valence-corrected chi connectivity index (χ4v) is 3.72. The number of carbonyl (C=O) groups is 2. The molecule has 0 fully saturated rings. The maximum absolute atomic E-state index is 12.3. The van der Waals surface area contributed by atoms with Gasteiger partial charge in [0.15, 0.2) is 6.61 Å². The van der Waals surface area contributed by atoms with Gasteiger partial charge in [-0.1, -0.05) is 48.5 Å². The van der Waals surface area contributed by atoms with E-state index in [2.05, 4.69) is 0 Å². The minimum Gasteiger partial charge on any atom is -0.451 e. The minimum atomic E-state index is -0.444. The van der Waals surface area contributed by atoms with Crippen LogP contribution in [0.25, 0.3) is 10.1 Å². The lowest BCUT2D eigenvalue weighted by Gasteiger charge is -2.17. The number of amides is 1. The Balaban J connectivity index is 1.61. The molecule has 4 nitrogen and oxygen atoms in total. The van der Waals surface area contributed by atoms with Crippen LogP contribution in [0.4, 0.5) is 0 Å². The molecule has 0 aliphatic carbocycles. The van der Waals surface area contributed by atoms with Crippen molar-refractivity contribution in [2.45, 2.75) is 13.5 Å². The highest BCUT2D eigenvalue weighted by Gasteiger charge is 2.18. The molecule has 25 heavy (non-hydrogen) atoms. The van der Waals surface area contributed by atoms with E-state index in [1.807, 2.05) is 61.5 Å². The third-order valence-electron chi connectivity index (χ3n) is 4.04. The minimum absolute atomic E-state index is 0.226. The second-order valence-electron chi connectivity index (χ2n) is 5.86. The first-order chi connectivity index (χ1) is 12.1. The number of carbonyl (C=O) groups excluding carboxylic acids is 2. The van der Waals surface area contributed by atoms with Crippen molar-refractivity contribution in [3.63, 3.8) is 0 Å². The van der Waals surface area contributed by atoms with Gasteiger partial charge in [0.1, 0.15) is 4.88 Å². The zero-order valence-electron chi connectivity index (χ0n) is 14.2. The van der Waals surface area contributed by atoms with Gasteiger partial charge in [0, 0.05) is 18.3 Å². The highest BCUT2D eigenvalue weighted by molar-refractivity contribution is 7.21. The second kappa shape index (κ2) is 7.49. The highest BCUT2D eigenvalue weighted by atomic mass is 32.1. The van der Waals surface area contributed by atoms with Crippen LogP contribution in [0.2, 0.25) is 0 Å². The molecular formula is C20H19NO3S. The largest absolute Gasteiger partial charge is 0.451 e. The van der Waals surface area contributed by atoms with Gasteiger partial charge >= 0.3 is 5.97 Å². The molecule has 1 amide bonds. The summed E-state index contributed by atoms with van der Waals surface area (Å²) in [7, 11) is 1.70. The standard InChI is InChI=1S/C20H19NO3S/c1-14-16-10-6-7-11-17(16)25-19(14)20(23)24-13-18(22)21(2)12-15-8-4-3-5-9-15/h3-11H,12-13H2,1-2H3. The van der Waals surface area contributed by atoms with Gasteiger partial charge in [-0.3, -0.25) is 4.79 Å². The van der Waals surface area contributed by atoms with E-state index in [-0.39, 0.29) is 12.5 Å². The quantitative estimate of drug-likeness (QED) is 0.651. The molecule has 0 unspecified atom stereocenters. The van der Waals surface area contributed by atoms with Crippen molar-refractivity contribution in [3.8, 4) is 0 Å². The molecule has 3 aromatic rings. The van der Waals surface area contributed by atoms with Crippen LogP contribution < -0.4 is 0 Å². The first kappa shape index (κ1) is 17.2. The molecule has 0 spiro atoms. The Labute approximate surface area is 150 Å². The van der Waals surface area contributed by atoms with Crippen LogP contribution in [0.1, 0.15) is 20.8 Å². The lowest BCUT2D eigenvalue weighted by molar-refractivity contribution is -0.133. The van der Waals surface area contributed by atoms with Crippen LogP contribution in [0.3, 0.4) is 0 Å². The molecule has 1 heterocycles. The van der Waals surface area contributed by atoms with Crippen molar-refractivity contribution < 1.29 is 14.3 Å². The maximum atomic E-state index is 12.3. The summed E-state index contributed by atoms with van der Waals surface area (Å²) in [6.45, 7) is 2.13. The summed E-state index contributed by atoms with van der Waals surface area (Å²) in [6.07, 6.45) is 0. The summed E-state index contributed by atoms with van der Waals surface area (Å²) < 4.78 is 6.28. The van der Waals surface area contributed by atoms with E-state index in [4.69, 9.17) is 4.74 Å². The van der Waals surface area contributed by atoms with Gasteiger partial charge in [0.2, 0.25) is 0 Å². The number of esters is 1. The molecule has 0 aliphatic rings. The summed E-state index contributed by atoms with van der Waals surface area (Å²) in [5.74, 6) is -0.670. The summed E-state index contributed by atoms with van der Waals surface area (Å²) >= 11 is 1.40. The molecule has 0 atom stereocenters. The number of thiophene rings is 1. The average molecular weight is 353 g/mol. The topological polar surface area (TPSA) is 46.6 Å². The van der Waals surface area contributed by atoms with Crippen molar-refractivity contribution >= 4 is 33.3 Å². The average Bonchev–Trinajstić information content (AvgIpc) is 2.97. The van der Waals surface area contributed by atoms with Crippen LogP contribution >= 0.6 is 11.3 Å². The van der Waals surface area contributed by atoms with Crippen LogP contribution in [-0.4, -0.2) is 30.4 Å². The lowest BCUT2D eigenvalue weighted by atomic mass is 10.1.